The lowest BCUT2D eigenvalue weighted by molar-refractivity contribution is -0.117. The second-order valence-corrected chi connectivity index (χ2v) is 8.40. The van der Waals surface area contributed by atoms with E-state index in [-0.39, 0.29) is 5.91 Å². The number of hydrogen-bond donors (Lipinski definition) is 3. The fourth-order valence-electron chi connectivity index (χ4n) is 3.69. The lowest BCUT2D eigenvalue weighted by Gasteiger charge is -2.28. The van der Waals surface area contributed by atoms with Gasteiger partial charge in [-0.05, 0) is 43.7 Å². The van der Waals surface area contributed by atoms with Crippen LogP contribution in [0.5, 0.6) is 0 Å². The molecule has 2 saturated heterocycles. The summed E-state index contributed by atoms with van der Waals surface area (Å²) >= 11 is 0. The van der Waals surface area contributed by atoms with Crippen molar-refractivity contribution >= 4 is 27.3 Å². The summed E-state index contributed by atoms with van der Waals surface area (Å²) in [6.45, 7) is 0. The molecule has 2 bridgehead atoms. The number of nitrogens with one attached hydrogen (secondary N) is 3. The predicted molar refractivity (Wildman–Crippen MR) is 90.8 cm³/mol. The summed E-state index contributed by atoms with van der Waals surface area (Å²) in [4.78, 5) is 12.3. The van der Waals surface area contributed by atoms with Crippen LogP contribution in [0.15, 0.2) is 24.3 Å². The lowest BCUT2D eigenvalue weighted by Crippen LogP contribution is -2.39. The lowest BCUT2D eigenvalue weighted by atomic mass is 9.89. The molecule has 2 unspecified atom stereocenters. The number of carbonyl (C=O) groups is 1. The van der Waals surface area contributed by atoms with E-state index in [1.165, 1.54) is 12.8 Å². The number of fused-ring (bicyclic) bond motifs is 2. The Labute approximate surface area is 137 Å². The molecular formula is C16H23N3O3S. The zero-order valence-electron chi connectivity index (χ0n) is 13.2. The normalized spacial score (nSPS) is 26.7. The number of benzene rings is 1. The van der Waals surface area contributed by atoms with Gasteiger partial charge < -0.3 is 10.6 Å². The van der Waals surface area contributed by atoms with Gasteiger partial charge in [-0.15, -0.1) is 0 Å². The highest BCUT2D eigenvalue weighted by Crippen LogP contribution is 2.33. The zero-order chi connectivity index (χ0) is 16.4. The van der Waals surface area contributed by atoms with E-state index in [0.717, 1.165) is 19.1 Å². The van der Waals surface area contributed by atoms with Crippen LogP contribution in [0.2, 0.25) is 0 Å². The minimum atomic E-state index is -3.38. The molecule has 0 saturated carbocycles. The molecule has 3 N–H and O–H groups in total. The summed E-state index contributed by atoms with van der Waals surface area (Å²) in [5.41, 5.74) is 0.897. The van der Waals surface area contributed by atoms with Crippen LogP contribution in [-0.4, -0.2) is 32.7 Å². The van der Waals surface area contributed by atoms with Crippen molar-refractivity contribution in [2.45, 2.75) is 44.2 Å². The van der Waals surface area contributed by atoms with E-state index in [9.17, 15) is 13.2 Å². The first-order valence-electron chi connectivity index (χ1n) is 8.02. The quantitative estimate of drug-likeness (QED) is 0.766. The molecule has 23 heavy (non-hydrogen) atoms. The Morgan fingerprint density at radius 2 is 1.78 bits per heavy atom. The number of carbonyl (C=O) groups excluding carboxylic acids is 1. The van der Waals surface area contributed by atoms with Crippen molar-refractivity contribution in [3.05, 3.63) is 24.3 Å². The van der Waals surface area contributed by atoms with Gasteiger partial charge >= 0.3 is 0 Å². The summed E-state index contributed by atoms with van der Waals surface area (Å²) < 4.78 is 25.2. The molecular weight excluding hydrogens is 314 g/mol. The molecule has 1 aromatic rings. The van der Waals surface area contributed by atoms with Gasteiger partial charge in [-0.2, -0.15) is 0 Å². The van der Waals surface area contributed by atoms with Gasteiger partial charge in [0.2, 0.25) is 15.9 Å². The highest BCUT2D eigenvalue weighted by molar-refractivity contribution is 7.92. The SMILES string of the molecule is CS(=O)(=O)Nc1ccccc1NC(=O)CC1CC2CCC(C1)N2. The molecule has 6 nitrogen and oxygen atoms in total. The molecule has 126 valence electrons. The first-order valence-corrected chi connectivity index (χ1v) is 9.91. The fraction of sp³-hybridized carbons (Fsp3) is 0.562. The van der Waals surface area contributed by atoms with Crippen LogP contribution in [-0.2, 0) is 14.8 Å². The maximum atomic E-state index is 12.3. The minimum absolute atomic E-state index is 0.0564. The van der Waals surface area contributed by atoms with E-state index in [2.05, 4.69) is 15.4 Å². The summed E-state index contributed by atoms with van der Waals surface area (Å²) in [7, 11) is -3.38. The molecule has 0 aromatic heterocycles. The molecule has 0 spiro atoms. The van der Waals surface area contributed by atoms with Crippen LogP contribution in [0.3, 0.4) is 0 Å². The summed E-state index contributed by atoms with van der Waals surface area (Å²) in [5, 5.41) is 6.41. The Kier molecular flexibility index (Phi) is 4.59. The van der Waals surface area contributed by atoms with Gasteiger partial charge in [0, 0.05) is 18.5 Å². The molecule has 2 heterocycles. The van der Waals surface area contributed by atoms with Crippen LogP contribution in [0.1, 0.15) is 32.1 Å². The monoisotopic (exact) mass is 337 g/mol. The van der Waals surface area contributed by atoms with Crippen molar-refractivity contribution in [2.24, 2.45) is 5.92 Å². The average Bonchev–Trinajstić information content (AvgIpc) is 2.78. The summed E-state index contributed by atoms with van der Waals surface area (Å²) in [5.74, 6) is 0.350. The second-order valence-electron chi connectivity index (χ2n) is 6.65. The number of rotatable bonds is 5. The highest BCUT2D eigenvalue weighted by Gasteiger charge is 2.34. The summed E-state index contributed by atoms with van der Waals surface area (Å²) in [6, 6.07) is 7.97. The molecule has 0 radical (unpaired) electrons. The molecule has 3 rings (SSSR count). The number of sulfonamides is 1. The second kappa shape index (κ2) is 6.49. The third-order valence-electron chi connectivity index (χ3n) is 4.54. The molecule has 1 amide bonds. The van der Waals surface area contributed by atoms with E-state index in [0.29, 0.717) is 35.8 Å². The molecule has 2 aliphatic heterocycles. The third-order valence-corrected chi connectivity index (χ3v) is 5.13. The van der Waals surface area contributed by atoms with Gasteiger partial charge in [0.05, 0.1) is 17.6 Å². The Hall–Kier alpha value is -1.60. The van der Waals surface area contributed by atoms with Crippen molar-refractivity contribution in [1.82, 2.24) is 5.32 Å². The van der Waals surface area contributed by atoms with E-state index >= 15 is 0 Å². The van der Waals surface area contributed by atoms with Crippen molar-refractivity contribution in [1.29, 1.82) is 0 Å². The predicted octanol–water partition coefficient (Wildman–Crippen LogP) is 1.92. The average molecular weight is 337 g/mol. The van der Waals surface area contributed by atoms with Gasteiger partial charge in [0.15, 0.2) is 0 Å². The van der Waals surface area contributed by atoms with Gasteiger partial charge in [-0.25, -0.2) is 8.42 Å². The molecule has 7 heteroatoms. The van der Waals surface area contributed by atoms with Gasteiger partial charge in [-0.1, -0.05) is 12.1 Å². The van der Waals surface area contributed by atoms with Crippen LogP contribution in [0.4, 0.5) is 11.4 Å². The van der Waals surface area contributed by atoms with E-state index in [4.69, 9.17) is 0 Å². The molecule has 2 fully saturated rings. The van der Waals surface area contributed by atoms with Crippen molar-refractivity contribution in [3.63, 3.8) is 0 Å². The Bertz CT molecular complexity index is 678. The Morgan fingerprint density at radius 1 is 1.17 bits per heavy atom. The maximum absolute atomic E-state index is 12.3. The number of amides is 1. The molecule has 2 aliphatic rings. The largest absolute Gasteiger partial charge is 0.324 e. The van der Waals surface area contributed by atoms with E-state index in [1.807, 2.05) is 0 Å². The van der Waals surface area contributed by atoms with Crippen LogP contribution in [0, 0.1) is 5.92 Å². The number of para-hydroxylation sites is 2. The maximum Gasteiger partial charge on any atom is 0.229 e. The fourth-order valence-corrected chi connectivity index (χ4v) is 4.26. The highest BCUT2D eigenvalue weighted by atomic mass is 32.2. The van der Waals surface area contributed by atoms with Crippen molar-refractivity contribution in [3.8, 4) is 0 Å². The number of anilines is 2. The topological polar surface area (TPSA) is 87.3 Å². The molecule has 2 atom stereocenters. The zero-order valence-corrected chi connectivity index (χ0v) is 14.0. The number of hydrogen-bond acceptors (Lipinski definition) is 4. The van der Waals surface area contributed by atoms with E-state index < -0.39 is 10.0 Å². The molecule has 0 aliphatic carbocycles. The standard InChI is InChI=1S/C16H23N3O3S/c1-23(21,22)19-15-5-3-2-4-14(15)18-16(20)10-11-8-12-6-7-13(9-11)17-12/h2-5,11-13,17,19H,6-10H2,1H3,(H,18,20). The van der Waals surface area contributed by atoms with Gasteiger partial charge in [0.1, 0.15) is 0 Å². The molecule has 1 aromatic carbocycles. The smallest absolute Gasteiger partial charge is 0.229 e. The van der Waals surface area contributed by atoms with Crippen molar-refractivity contribution in [2.75, 3.05) is 16.3 Å². The van der Waals surface area contributed by atoms with Crippen LogP contribution >= 0.6 is 0 Å². The van der Waals surface area contributed by atoms with Gasteiger partial charge in [0.25, 0.3) is 0 Å². The summed E-state index contributed by atoms with van der Waals surface area (Å²) in [6.07, 6.45) is 6.10. The van der Waals surface area contributed by atoms with Gasteiger partial charge in [-0.3, -0.25) is 9.52 Å². The Balaban J connectivity index is 1.62. The van der Waals surface area contributed by atoms with Crippen LogP contribution in [0.25, 0.3) is 0 Å². The van der Waals surface area contributed by atoms with Crippen molar-refractivity contribution < 1.29 is 13.2 Å². The Morgan fingerprint density at radius 3 is 2.39 bits per heavy atom. The van der Waals surface area contributed by atoms with E-state index in [1.54, 1.807) is 24.3 Å². The first-order chi connectivity index (χ1) is 10.9. The van der Waals surface area contributed by atoms with Crippen LogP contribution < -0.4 is 15.4 Å². The number of piperidine rings is 1. The first kappa shape index (κ1) is 16.3. The minimum Gasteiger partial charge on any atom is -0.324 e. The third kappa shape index (κ3) is 4.45.